The quantitative estimate of drug-likeness (QED) is 0.285. The van der Waals surface area contributed by atoms with Gasteiger partial charge in [-0.2, -0.15) is 0 Å². The lowest BCUT2D eigenvalue weighted by Crippen LogP contribution is -2.35. The second-order valence-electron chi connectivity index (χ2n) is 11.0. The molecule has 0 unspecified atom stereocenters. The summed E-state index contributed by atoms with van der Waals surface area (Å²) in [5.74, 6) is 0.428. The van der Waals surface area contributed by atoms with E-state index >= 15 is 0 Å². The maximum atomic E-state index is 12.4. The van der Waals surface area contributed by atoms with E-state index < -0.39 is 15.8 Å². The number of carbonyl (C=O) groups is 1. The summed E-state index contributed by atoms with van der Waals surface area (Å²) in [7, 11) is -2.41. The summed E-state index contributed by atoms with van der Waals surface area (Å²) >= 11 is 0. The number of carbonyl (C=O) groups excluding carboxylic acids is 1. The molecule has 2 aromatic carbocycles. The van der Waals surface area contributed by atoms with Crippen molar-refractivity contribution in [3.05, 3.63) is 53.1 Å². The van der Waals surface area contributed by atoms with Crippen LogP contribution in [0.2, 0.25) is 0 Å². The standard InChI is InChI=1S/C30H42N2O8S/c1-30(2)38-21-24-19-23(12-14-25(24)40-30)27-20-32(29(33)39-27)15-7-4-5-8-16-37-17-9-6-10-22-11-13-26(36-3)28(18-22)41(31,34)35/h11-14,18-19,27H,4-10,15-17,20-21H2,1-3H3,(H2,31,34,35)/t27-/m0/s1. The molecule has 11 heteroatoms. The van der Waals surface area contributed by atoms with Gasteiger partial charge in [-0.25, -0.2) is 18.4 Å². The Balaban J connectivity index is 1.05. The summed E-state index contributed by atoms with van der Waals surface area (Å²) < 4.78 is 51.6. The van der Waals surface area contributed by atoms with E-state index in [0.717, 1.165) is 67.4 Å². The number of hydrogen-bond donors (Lipinski definition) is 1. The van der Waals surface area contributed by atoms with E-state index in [0.29, 0.717) is 32.9 Å². The van der Waals surface area contributed by atoms with Crippen molar-refractivity contribution in [2.45, 2.75) is 82.2 Å². The van der Waals surface area contributed by atoms with Gasteiger partial charge in [-0.3, -0.25) is 0 Å². The number of hydrogen-bond acceptors (Lipinski definition) is 8. The van der Waals surface area contributed by atoms with Crippen LogP contribution in [0.3, 0.4) is 0 Å². The van der Waals surface area contributed by atoms with Crippen LogP contribution in [0.4, 0.5) is 4.79 Å². The van der Waals surface area contributed by atoms with Crippen LogP contribution in [0, 0.1) is 0 Å². The number of unbranched alkanes of at least 4 members (excludes halogenated alkanes) is 4. The second kappa shape index (κ2) is 13.9. The number of primary sulfonamides is 1. The van der Waals surface area contributed by atoms with Gasteiger partial charge in [0.2, 0.25) is 15.8 Å². The molecule has 1 amide bonds. The van der Waals surface area contributed by atoms with E-state index in [1.807, 2.05) is 38.1 Å². The molecule has 0 aromatic heterocycles. The monoisotopic (exact) mass is 590 g/mol. The molecule has 41 heavy (non-hydrogen) atoms. The third kappa shape index (κ3) is 8.81. The lowest BCUT2D eigenvalue weighted by atomic mass is 10.0. The van der Waals surface area contributed by atoms with Crippen LogP contribution in [0.1, 0.15) is 75.2 Å². The molecule has 226 valence electrons. The maximum absolute atomic E-state index is 12.4. The number of methoxy groups -OCH3 is 1. The fourth-order valence-electron chi connectivity index (χ4n) is 5.02. The molecular weight excluding hydrogens is 548 g/mol. The van der Waals surface area contributed by atoms with Crippen LogP contribution in [0.25, 0.3) is 0 Å². The zero-order chi connectivity index (χ0) is 29.5. The molecule has 2 aliphatic heterocycles. The minimum absolute atomic E-state index is 0.0138. The number of sulfonamides is 1. The second-order valence-corrected chi connectivity index (χ2v) is 12.5. The van der Waals surface area contributed by atoms with Crippen molar-refractivity contribution >= 4 is 16.1 Å². The average molecular weight is 591 g/mol. The molecule has 1 fully saturated rings. The molecule has 2 aliphatic rings. The van der Waals surface area contributed by atoms with Crippen LogP contribution >= 0.6 is 0 Å². The van der Waals surface area contributed by atoms with E-state index in [2.05, 4.69) is 0 Å². The van der Waals surface area contributed by atoms with Crippen LogP contribution in [0.15, 0.2) is 41.3 Å². The fraction of sp³-hybridized carbons (Fsp3) is 0.567. The first-order valence-electron chi connectivity index (χ1n) is 14.2. The predicted octanol–water partition coefficient (Wildman–Crippen LogP) is 5.08. The Morgan fingerprint density at radius 3 is 2.54 bits per heavy atom. The minimum atomic E-state index is -3.83. The first-order valence-corrected chi connectivity index (χ1v) is 15.8. The van der Waals surface area contributed by atoms with Gasteiger partial charge in [0.05, 0.1) is 20.3 Å². The smallest absolute Gasteiger partial charge is 0.410 e. The highest BCUT2D eigenvalue weighted by Gasteiger charge is 2.33. The highest BCUT2D eigenvalue weighted by atomic mass is 32.2. The van der Waals surface area contributed by atoms with Crippen molar-refractivity contribution in [1.82, 2.24) is 4.90 Å². The number of benzene rings is 2. The molecule has 0 aliphatic carbocycles. The van der Waals surface area contributed by atoms with Gasteiger partial charge in [-0.05, 0) is 67.5 Å². The Hall–Kier alpha value is -2.86. The molecule has 0 radical (unpaired) electrons. The van der Waals surface area contributed by atoms with Crippen molar-refractivity contribution in [1.29, 1.82) is 0 Å². The van der Waals surface area contributed by atoms with E-state index in [9.17, 15) is 13.2 Å². The molecule has 2 N–H and O–H groups in total. The molecule has 10 nitrogen and oxygen atoms in total. The lowest BCUT2D eigenvalue weighted by molar-refractivity contribution is -0.180. The van der Waals surface area contributed by atoms with E-state index in [1.165, 1.54) is 7.11 Å². The number of nitrogens with two attached hydrogens (primary N) is 1. The summed E-state index contributed by atoms with van der Waals surface area (Å²) in [6, 6.07) is 11.0. The van der Waals surface area contributed by atoms with E-state index in [4.69, 9.17) is 28.8 Å². The zero-order valence-corrected chi connectivity index (χ0v) is 25.0. The summed E-state index contributed by atoms with van der Waals surface area (Å²) in [5, 5.41) is 5.29. The SMILES string of the molecule is COc1ccc(CCCCOCCCCCCN2C[C@@H](c3ccc4c(c3)COC(C)(C)O4)OC2=O)cc1S(N)(=O)=O. The third-order valence-electron chi connectivity index (χ3n) is 7.28. The Bertz CT molecular complexity index is 1300. The van der Waals surface area contributed by atoms with Gasteiger partial charge in [0.25, 0.3) is 0 Å². The topological polar surface area (TPSA) is 127 Å². The molecule has 0 saturated carbocycles. The maximum Gasteiger partial charge on any atom is 0.410 e. The highest BCUT2D eigenvalue weighted by molar-refractivity contribution is 7.89. The summed E-state index contributed by atoms with van der Waals surface area (Å²) in [6.07, 6.45) is 5.91. The Morgan fingerprint density at radius 1 is 1.02 bits per heavy atom. The number of amides is 1. The van der Waals surface area contributed by atoms with Gasteiger partial charge in [0, 0.05) is 39.2 Å². The molecule has 1 saturated heterocycles. The van der Waals surface area contributed by atoms with Gasteiger partial charge in [-0.15, -0.1) is 0 Å². The summed E-state index contributed by atoms with van der Waals surface area (Å²) in [4.78, 5) is 14.2. The number of ether oxygens (including phenoxy) is 5. The fourth-order valence-corrected chi connectivity index (χ4v) is 5.76. The van der Waals surface area contributed by atoms with Crippen LogP contribution in [-0.2, 0) is 37.3 Å². The van der Waals surface area contributed by atoms with Gasteiger partial charge in [0.15, 0.2) is 0 Å². The summed E-state index contributed by atoms with van der Waals surface area (Å²) in [5.41, 5.74) is 2.83. The molecule has 2 heterocycles. The van der Waals surface area contributed by atoms with Crippen molar-refractivity contribution in [2.75, 3.05) is 33.4 Å². The van der Waals surface area contributed by atoms with Crippen LogP contribution < -0.4 is 14.6 Å². The first-order chi connectivity index (χ1) is 19.6. The molecule has 1 atom stereocenters. The molecule has 2 aromatic rings. The van der Waals surface area contributed by atoms with Crippen molar-refractivity contribution in [3.63, 3.8) is 0 Å². The van der Waals surface area contributed by atoms with E-state index in [-0.39, 0.29) is 22.8 Å². The number of nitrogens with zero attached hydrogens (tertiary/aromatic N) is 1. The first kappa shape index (κ1) is 31.1. The minimum Gasteiger partial charge on any atom is -0.495 e. The average Bonchev–Trinajstić information content (AvgIpc) is 3.30. The van der Waals surface area contributed by atoms with Crippen molar-refractivity contribution < 1.29 is 36.9 Å². The zero-order valence-electron chi connectivity index (χ0n) is 24.2. The van der Waals surface area contributed by atoms with Crippen molar-refractivity contribution in [2.24, 2.45) is 5.14 Å². The third-order valence-corrected chi connectivity index (χ3v) is 8.21. The van der Waals surface area contributed by atoms with Crippen LogP contribution in [-0.4, -0.2) is 58.6 Å². The molecule has 4 rings (SSSR count). The van der Waals surface area contributed by atoms with Crippen molar-refractivity contribution in [3.8, 4) is 11.5 Å². The lowest BCUT2D eigenvalue weighted by Gasteiger charge is -2.32. The molecule has 0 spiro atoms. The number of cyclic esters (lactones) is 1. The van der Waals surface area contributed by atoms with Gasteiger partial charge in [-0.1, -0.05) is 25.0 Å². The predicted molar refractivity (Wildman–Crippen MR) is 153 cm³/mol. The Kier molecular flexibility index (Phi) is 10.5. The van der Waals surface area contributed by atoms with Gasteiger partial charge < -0.3 is 28.6 Å². The highest BCUT2D eigenvalue weighted by Crippen LogP contribution is 2.35. The Labute approximate surface area is 243 Å². The number of fused-ring (bicyclic) bond motifs is 1. The number of aryl methyl sites for hydroxylation is 1. The van der Waals surface area contributed by atoms with E-state index in [1.54, 1.807) is 17.0 Å². The molecular formula is C30H42N2O8S. The van der Waals surface area contributed by atoms with Gasteiger partial charge in [0.1, 0.15) is 22.5 Å². The number of rotatable bonds is 15. The summed E-state index contributed by atoms with van der Waals surface area (Å²) in [6.45, 7) is 6.84. The van der Waals surface area contributed by atoms with Gasteiger partial charge >= 0.3 is 6.09 Å². The van der Waals surface area contributed by atoms with Crippen LogP contribution in [0.5, 0.6) is 11.5 Å². The largest absolute Gasteiger partial charge is 0.495 e. The Morgan fingerprint density at radius 2 is 1.78 bits per heavy atom. The normalized spacial score (nSPS) is 18.1. The molecule has 0 bridgehead atoms.